The Labute approximate surface area is 142 Å². The summed E-state index contributed by atoms with van der Waals surface area (Å²) >= 11 is 0. The van der Waals surface area contributed by atoms with Crippen LogP contribution in [-0.4, -0.2) is 16.5 Å². The molecule has 24 heavy (non-hydrogen) atoms. The average molecular weight is 312 g/mol. The quantitative estimate of drug-likeness (QED) is 0.697. The Morgan fingerprint density at radius 2 is 1.67 bits per heavy atom. The molecule has 0 N–H and O–H groups in total. The van der Waals surface area contributed by atoms with Crippen molar-refractivity contribution in [2.75, 3.05) is 11.4 Å². The molecule has 3 heteroatoms. The second-order valence-electron chi connectivity index (χ2n) is 6.86. The molecule has 1 radical (unpaired) electrons. The molecule has 0 amide bonds. The van der Waals surface area contributed by atoms with Crippen LogP contribution in [0.4, 0.5) is 11.6 Å². The predicted octanol–water partition coefficient (Wildman–Crippen LogP) is 4.51. The van der Waals surface area contributed by atoms with Crippen molar-refractivity contribution >= 4 is 11.6 Å². The van der Waals surface area contributed by atoms with E-state index in [2.05, 4.69) is 52.1 Å². The standard InChI is InChI=1S/C21H18N3/c1-15-7-8-18-19(11-15)24(14-21(18)9-10-21)20-22-12-17(13-23-20)16-5-3-2-4-6-16/h2-8,11-13H,1,9-10,14H2. The minimum absolute atomic E-state index is 0.324. The molecular formula is C21H18N3. The van der Waals surface area contributed by atoms with E-state index in [1.807, 2.05) is 30.6 Å². The van der Waals surface area contributed by atoms with Gasteiger partial charge in [-0.2, -0.15) is 0 Å². The van der Waals surface area contributed by atoms with Crippen LogP contribution in [0.3, 0.4) is 0 Å². The second-order valence-corrected chi connectivity index (χ2v) is 6.86. The van der Waals surface area contributed by atoms with E-state index in [9.17, 15) is 0 Å². The van der Waals surface area contributed by atoms with Gasteiger partial charge in [0, 0.05) is 35.6 Å². The fourth-order valence-corrected chi connectivity index (χ4v) is 3.72. The molecule has 5 rings (SSSR count). The highest BCUT2D eigenvalue weighted by Crippen LogP contribution is 2.57. The van der Waals surface area contributed by atoms with Crippen molar-refractivity contribution < 1.29 is 0 Å². The van der Waals surface area contributed by atoms with Crippen LogP contribution >= 0.6 is 0 Å². The number of nitrogens with zero attached hydrogens (tertiary/aromatic N) is 3. The van der Waals surface area contributed by atoms with Crippen LogP contribution < -0.4 is 4.90 Å². The number of hydrogen-bond acceptors (Lipinski definition) is 3. The van der Waals surface area contributed by atoms with Gasteiger partial charge < -0.3 is 4.90 Å². The lowest BCUT2D eigenvalue weighted by molar-refractivity contribution is 0.735. The van der Waals surface area contributed by atoms with E-state index in [-0.39, 0.29) is 0 Å². The van der Waals surface area contributed by atoms with Crippen LogP contribution in [0.5, 0.6) is 0 Å². The minimum Gasteiger partial charge on any atom is -0.309 e. The van der Waals surface area contributed by atoms with Gasteiger partial charge in [0.15, 0.2) is 0 Å². The molecule has 0 saturated heterocycles. The zero-order chi connectivity index (χ0) is 16.1. The fraction of sp³-hybridized carbons (Fsp3) is 0.190. The van der Waals surface area contributed by atoms with Crippen LogP contribution in [0.1, 0.15) is 24.0 Å². The van der Waals surface area contributed by atoms with Crippen molar-refractivity contribution in [1.82, 2.24) is 9.97 Å². The summed E-state index contributed by atoms with van der Waals surface area (Å²) in [5.74, 6) is 0.783. The van der Waals surface area contributed by atoms with Crippen LogP contribution in [0.2, 0.25) is 0 Å². The first-order chi connectivity index (χ1) is 11.8. The van der Waals surface area contributed by atoms with Crippen molar-refractivity contribution in [2.45, 2.75) is 18.3 Å². The highest BCUT2D eigenvalue weighted by Gasteiger charge is 2.52. The molecule has 2 heterocycles. The van der Waals surface area contributed by atoms with E-state index >= 15 is 0 Å². The van der Waals surface area contributed by atoms with Crippen molar-refractivity contribution in [2.24, 2.45) is 0 Å². The van der Waals surface area contributed by atoms with Crippen LogP contribution in [0.15, 0.2) is 60.9 Å². The van der Waals surface area contributed by atoms with Gasteiger partial charge in [0.05, 0.1) is 0 Å². The highest BCUT2D eigenvalue weighted by molar-refractivity contribution is 5.72. The molecule has 1 saturated carbocycles. The molecule has 0 atom stereocenters. The molecule has 1 aliphatic carbocycles. The summed E-state index contributed by atoms with van der Waals surface area (Å²) in [6.45, 7) is 5.06. The maximum Gasteiger partial charge on any atom is 0.229 e. The van der Waals surface area contributed by atoms with Crippen molar-refractivity contribution in [3.63, 3.8) is 0 Å². The minimum atomic E-state index is 0.324. The van der Waals surface area contributed by atoms with E-state index in [1.165, 1.54) is 24.1 Å². The van der Waals surface area contributed by atoms with Gasteiger partial charge in [-0.15, -0.1) is 0 Å². The number of fused-ring (bicyclic) bond motifs is 2. The number of hydrogen-bond donors (Lipinski definition) is 0. The number of aromatic nitrogens is 2. The molecule has 3 aromatic rings. The molecule has 0 bridgehead atoms. The van der Waals surface area contributed by atoms with E-state index < -0.39 is 0 Å². The fourth-order valence-electron chi connectivity index (χ4n) is 3.72. The summed E-state index contributed by atoms with van der Waals surface area (Å²) in [5, 5.41) is 0. The Bertz CT molecular complexity index is 896. The smallest absolute Gasteiger partial charge is 0.229 e. The topological polar surface area (TPSA) is 29.0 Å². The third kappa shape index (κ3) is 2.04. The molecule has 117 valence electrons. The van der Waals surface area contributed by atoms with Crippen LogP contribution in [0, 0.1) is 6.92 Å². The third-order valence-corrected chi connectivity index (χ3v) is 5.23. The van der Waals surface area contributed by atoms with Gasteiger partial charge in [-0.3, -0.25) is 0 Å². The predicted molar refractivity (Wildman–Crippen MR) is 96.3 cm³/mol. The van der Waals surface area contributed by atoms with Gasteiger partial charge in [-0.1, -0.05) is 42.5 Å². The average Bonchev–Trinajstić information content (AvgIpc) is 3.34. The van der Waals surface area contributed by atoms with Crippen LogP contribution in [-0.2, 0) is 5.41 Å². The monoisotopic (exact) mass is 312 g/mol. The molecular weight excluding hydrogens is 294 g/mol. The maximum absolute atomic E-state index is 4.65. The summed E-state index contributed by atoms with van der Waals surface area (Å²) < 4.78 is 0. The summed E-state index contributed by atoms with van der Waals surface area (Å²) in [4.78, 5) is 11.6. The number of anilines is 2. The molecule has 1 fully saturated rings. The lowest BCUT2D eigenvalue weighted by atomic mass is 9.98. The summed E-state index contributed by atoms with van der Waals surface area (Å²) in [6, 6.07) is 16.8. The molecule has 1 spiro atoms. The largest absolute Gasteiger partial charge is 0.309 e. The Morgan fingerprint density at radius 1 is 0.917 bits per heavy atom. The maximum atomic E-state index is 4.65. The van der Waals surface area contributed by atoms with E-state index in [0.29, 0.717) is 5.41 Å². The number of benzene rings is 2. The van der Waals surface area contributed by atoms with Gasteiger partial charge >= 0.3 is 0 Å². The summed E-state index contributed by atoms with van der Waals surface area (Å²) in [6.07, 6.45) is 6.36. The first-order valence-electron chi connectivity index (χ1n) is 8.37. The zero-order valence-corrected chi connectivity index (χ0v) is 13.4. The van der Waals surface area contributed by atoms with Gasteiger partial charge in [-0.05, 0) is 42.5 Å². The Kier molecular flexibility index (Phi) is 2.81. The lowest BCUT2D eigenvalue weighted by Gasteiger charge is -2.18. The molecule has 0 unspecified atom stereocenters. The van der Waals surface area contributed by atoms with Crippen LogP contribution in [0.25, 0.3) is 11.1 Å². The number of rotatable bonds is 2. The first-order valence-corrected chi connectivity index (χ1v) is 8.37. The second kappa shape index (κ2) is 4.91. The Hall–Kier alpha value is -2.68. The molecule has 3 nitrogen and oxygen atoms in total. The molecule has 2 aromatic carbocycles. The normalized spacial score (nSPS) is 17.1. The Balaban J connectivity index is 1.53. The molecule has 1 aromatic heterocycles. The molecule has 1 aliphatic heterocycles. The molecule has 2 aliphatic rings. The lowest BCUT2D eigenvalue weighted by Crippen LogP contribution is -2.21. The van der Waals surface area contributed by atoms with E-state index in [0.717, 1.165) is 29.2 Å². The van der Waals surface area contributed by atoms with Crippen molar-refractivity contribution in [1.29, 1.82) is 0 Å². The first kappa shape index (κ1) is 13.7. The zero-order valence-electron chi connectivity index (χ0n) is 13.4. The van der Waals surface area contributed by atoms with Gasteiger partial charge in [0.1, 0.15) is 0 Å². The van der Waals surface area contributed by atoms with E-state index in [1.54, 1.807) is 0 Å². The highest BCUT2D eigenvalue weighted by atomic mass is 15.3. The third-order valence-electron chi connectivity index (χ3n) is 5.23. The van der Waals surface area contributed by atoms with E-state index in [4.69, 9.17) is 0 Å². The SMILES string of the molecule is [CH2]c1ccc2c(c1)N(c1ncc(-c3ccccc3)cn1)CC21CC1. The summed E-state index contributed by atoms with van der Waals surface area (Å²) in [5.41, 5.74) is 6.22. The van der Waals surface area contributed by atoms with Gasteiger partial charge in [0.25, 0.3) is 0 Å². The Morgan fingerprint density at radius 3 is 2.38 bits per heavy atom. The van der Waals surface area contributed by atoms with Crippen molar-refractivity contribution in [3.05, 3.63) is 79.0 Å². The summed E-state index contributed by atoms with van der Waals surface area (Å²) in [7, 11) is 0. The van der Waals surface area contributed by atoms with Gasteiger partial charge in [0.2, 0.25) is 5.95 Å². The van der Waals surface area contributed by atoms with Crippen molar-refractivity contribution in [3.8, 4) is 11.1 Å². The van der Waals surface area contributed by atoms with Gasteiger partial charge in [-0.25, -0.2) is 9.97 Å².